The van der Waals surface area contributed by atoms with Gasteiger partial charge in [-0.2, -0.15) is 0 Å². The molecule has 2 rings (SSSR count). The third-order valence-electron chi connectivity index (χ3n) is 2.67. The molecule has 0 amide bonds. The van der Waals surface area contributed by atoms with Gasteiger partial charge in [0, 0.05) is 18.8 Å². The van der Waals surface area contributed by atoms with Crippen molar-refractivity contribution in [2.24, 2.45) is 0 Å². The average molecular weight is 339 g/mol. The van der Waals surface area contributed by atoms with Gasteiger partial charge in [-0.25, -0.2) is 9.37 Å². The van der Waals surface area contributed by atoms with E-state index in [9.17, 15) is 4.39 Å². The molecule has 0 saturated carbocycles. The summed E-state index contributed by atoms with van der Waals surface area (Å²) < 4.78 is 19.5. The topological polar surface area (TPSA) is 34.1 Å². The van der Waals surface area contributed by atoms with Crippen LogP contribution in [-0.4, -0.2) is 11.5 Å². The Bertz CT molecular complexity index is 578. The fourth-order valence-corrected chi connectivity index (χ4v) is 2.02. The van der Waals surface area contributed by atoms with Crippen LogP contribution >= 0.6 is 15.9 Å². The first-order valence-electron chi connectivity index (χ1n) is 6.45. The predicted molar refractivity (Wildman–Crippen MR) is 81.4 cm³/mol. The van der Waals surface area contributed by atoms with Crippen LogP contribution in [0.4, 0.5) is 10.2 Å². The summed E-state index contributed by atoms with van der Waals surface area (Å²) in [6.07, 6.45) is 2.77. The van der Waals surface area contributed by atoms with Crippen LogP contribution in [0.25, 0.3) is 0 Å². The number of nitrogens with one attached hydrogen (secondary N) is 1. The van der Waals surface area contributed by atoms with E-state index in [4.69, 9.17) is 4.74 Å². The summed E-state index contributed by atoms with van der Waals surface area (Å²) in [6, 6.07) is 8.19. The standard InChI is InChI=1S/C15H16BrFN2O/c1-2-6-18-15-8-11(5-7-19-15)10-20-14-9-12(17)3-4-13(14)16/h3-5,7-9H,2,6,10H2,1H3,(H,18,19). The molecule has 1 N–H and O–H groups in total. The molecule has 3 nitrogen and oxygen atoms in total. The smallest absolute Gasteiger partial charge is 0.136 e. The molecule has 0 radical (unpaired) electrons. The zero-order chi connectivity index (χ0) is 14.4. The van der Waals surface area contributed by atoms with Crippen molar-refractivity contribution in [2.75, 3.05) is 11.9 Å². The number of hydrogen-bond donors (Lipinski definition) is 1. The summed E-state index contributed by atoms with van der Waals surface area (Å²) in [5.74, 6) is 0.999. The van der Waals surface area contributed by atoms with Gasteiger partial charge in [0.05, 0.1) is 4.47 Å². The molecule has 0 saturated heterocycles. The SMILES string of the molecule is CCCNc1cc(COc2cc(F)ccc2Br)ccn1. The van der Waals surface area contributed by atoms with Crippen molar-refractivity contribution < 1.29 is 9.13 Å². The lowest BCUT2D eigenvalue weighted by molar-refractivity contribution is 0.302. The number of benzene rings is 1. The van der Waals surface area contributed by atoms with E-state index < -0.39 is 0 Å². The van der Waals surface area contributed by atoms with Gasteiger partial charge in [0.2, 0.25) is 0 Å². The van der Waals surface area contributed by atoms with Gasteiger partial charge >= 0.3 is 0 Å². The van der Waals surface area contributed by atoms with Crippen molar-refractivity contribution >= 4 is 21.7 Å². The molecule has 0 aliphatic carbocycles. The van der Waals surface area contributed by atoms with Gasteiger partial charge in [-0.15, -0.1) is 0 Å². The molecule has 0 spiro atoms. The van der Waals surface area contributed by atoms with E-state index in [2.05, 4.69) is 33.2 Å². The Morgan fingerprint density at radius 2 is 2.15 bits per heavy atom. The van der Waals surface area contributed by atoms with E-state index in [0.29, 0.717) is 12.4 Å². The second-order valence-corrected chi connectivity index (χ2v) is 5.19. The minimum Gasteiger partial charge on any atom is -0.488 e. The second kappa shape index (κ2) is 7.24. The first-order valence-corrected chi connectivity index (χ1v) is 7.25. The highest BCUT2D eigenvalue weighted by atomic mass is 79.9. The van der Waals surface area contributed by atoms with Crippen LogP contribution in [0.15, 0.2) is 41.0 Å². The molecule has 0 fully saturated rings. The van der Waals surface area contributed by atoms with E-state index in [-0.39, 0.29) is 5.82 Å². The Kier molecular flexibility index (Phi) is 5.35. The van der Waals surface area contributed by atoms with E-state index in [0.717, 1.165) is 28.8 Å². The Morgan fingerprint density at radius 3 is 2.95 bits per heavy atom. The van der Waals surface area contributed by atoms with Crippen LogP contribution in [-0.2, 0) is 6.61 Å². The van der Waals surface area contributed by atoms with Gasteiger partial charge in [0.15, 0.2) is 0 Å². The normalized spacial score (nSPS) is 10.3. The lowest BCUT2D eigenvalue weighted by Crippen LogP contribution is -2.03. The van der Waals surface area contributed by atoms with Crippen molar-refractivity contribution in [1.29, 1.82) is 0 Å². The maximum atomic E-state index is 13.2. The monoisotopic (exact) mass is 338 g/mol. The minimum atomic E-state index is -0.316. The van der Waals surface area contributed by atoms with Crippen LogP contribution in [0.1, 0.15) is 18.9 Å². The van der Waals surface area contributed by atoms with Crippen molar-refractivity contribution in [3.63, 3.8) is 0 Å². The van der Waals surface area contributed by atoms with E-state index in [1.165, 1.54) is 12.1 Å². The number of nitrogens with zero attached hydrogens (tertiary/aromatic N) is 1. The first kappa shape index (κ1) is 14.8. The molecule has 1 heterocycles. The van der Waals surface area contributed by atoms with E-state index in [1.54, 1.807) is 12.3 Å². The summed E-state index contributed by atoms with van der Waals surface area (Å²) in [5.41, 5.74) is 0.981. The molecule has 1 aromatic carbocycles. The van der Waals surface area contributed by atoms with Crippen molar-refractivity contribution in [2.45, 2.75) is 20.0 Å². The third kappa shape index (κ3) is 4.20. The number of pyridine rings is 1. The largest absolute Gasteiger partial charge is 0.488 e. The van der Waals surface area contributed by atoms with Crippen LogP contribution < -0.4 is 10.1 Å². The van der Waals surface area contributed by atoms with E-state index >= 15 is 0 Å². The van der Waals surface area contributed by atoms with Gasteiger partial charge in [0.1, 0.15) is 24.0 Å². The number of halogens is 2. The number of hydrogen-bond acceptors (Lipinski definition) is 3. The lowest BCUT2D eigenvalue weighted by Gasteiger charge is -2.10. The fourth-order valence-electron chi connectivity index (χ4n) is 1.66. The molecular weight excluding hydrogens is 323 g/mol. The van der Waals surface area contributed by atoms with Gasteiger partial charge in [-0.05, 0) is 52.2 Å². The summed E-state index contributed by atoms with van der Waals surface area (Å²) in [4.78, 5) is 4.23. The summed E-state index contributed by atoms with van der Waals surface area (Å²) in [7, 11) is 0. The molecule has 0 aliphatic heterocycles. The highest BCUT2D eigenvalue weighted by Crippen LogP contribution is 2.26. The van der Waals surface area contributed by atoms with Crippen LogP contribution in [0.5, 0.6) is 5.75 Å². The maximum absolute atomic E-state index is 13.2. The molecular formula is C15H16BrFN2O. The molecule has 0 bridgehead atoms. The minimum absolute atomic E-state index is 0.316. The molecule has 0 atom stereocenters. The predicted octanol–water partition coefficient (Wildman–Crippen LogP) is 4.38. The zero-order valence-electron chi connectivity index (χ0n) is 11.2. The molecule has 5 heteroatoms. The molecule has 106 valence electrons. The molecule has 1 aromatic heterocycles. The summed E-state index contributed by atoms with van der Waals surface area (Å²) in [6.45, 7) is 3.35. The highest BCUT2D eigenvalue weighted by Gasteiger charge is 2.04. The number of ether oxygens (including phenoxy) is 1. The molecule has 0 unspecified atom stereocenters. The van der Waals surface area contributed by atoms with Crippen LogP contribution in [0.2, 0.25) is 0 Å². The molecule has 0 aliphatic rings. The van der Waals surface area contributed by atoms with Gasteiger partial charge in [-0.1, -0.05) is 6.92 Å². The van der Waals surface area contributed by atoms with Crippen molar-refractivity contribution in [1.82, 2.24) is 4.98 Å². The van der Waals surface area contributed by atoms with Gasteiger partial charge in [-0.3, -0.25) is 0 Å². The van der Waals surface area contributed by atoms with Gasteiger partial charge < -0.3 is 10.1 Å². The maximum Gasteiger partial charge on any atom is 0.136 e. The number of rotatable bonds is 6. The van der Waals surface area contributed by atoms with Gasteiger partial charge in [0.25, 0.3) is 0 Å². The first-order chi connectivity index (χ1) is 9.69. The third-order valence-corrected chi connectivity index (χ3v) is 3.32. The fraction of sp³-hybridized carbons (Fsp3) is 0.267. The molecule has 20 heavy (non-hydrogen) atoms. The summed E-state index contributed by atoms with van der Waals surface area (Å²) >= 11 is 3.34. The van der Waals surface area contributed by atoms with Crippen molar-refractivity contribution in [3.8, 4) is 5.75 Å². The summed E-state index contributed by atoms with van der Waals surface area (Å²) in [5, 5.41) is 3.22. The van der Waals surface area contributed by atoms with Crippen molar-refractivity contribution in [3.05, 3.63) is 52.4 Å². The molecule has 2 aromatic rings. The zero-order valence-corrected chi connectivity index (χ0v) is 12.8. The Labute approximate surface area is 126 Å². The average Bonchev–Trinajstić information content (AvgIpc) is 2.46. The van der Waals surface area contributed by atoms with E-state index in [1.807, 2.05) is 12.1 Å². The Hall–Kier alpha value is -1.62. The number of aromatic nitrogens is 1. The number of anilines is 1. The second-order valence-electron chi connectivity index (χ2n) is 4.34. The Morgan fingerprint density at radius 1 is 1.30 bits per heavy atom. The lowest BCUT2D eigenvalue weighted by atomic mass is 10.2. The van der Waals surface area contributed by atoms with Crippen LogP contribution in [0.3, 0.4) is 0 Å². The van der Waals surface area contributed by atoms with Crippen LogP contribution in [0, 0.1) is 5.82 Å². The quantitative estimate of drug-likeness (QED) is 0.848. The Balaban J connectivity index is 2.01. The highest BCUT2D eigenvalue weighted by molar-refractivity contribution is 9.10.